The van der Waals surface area contributed by atoms with E-state index in [2.05, 4.69) is 35.4 Å². The second-order valence-corrected chi connectivity index (χ2v) is 4.22. The maximum Gasteiger partial charge on any atom is 0.0340 e. The molecule has 1 aromatic heterocycles. The van der Waals surface area contributed by atoms with Crippen molar-refractivity contribution in [1.82, 2.24) is 10.3 Å². The molecule has 1 aliphatic rings. The van der Waals surface area contributed by atoms with Gasteiger partial charge in [-0.05, 0) is 49.9 Å². The molecule has 0 unspecified atom stereocenters. The normalized spacial score (nSPS) is 16.1. The zero-order valence-corrected chi connectivity index (χ0v) is 9.24. The van der Waals surface area contributed by atoms with Crippen LogP contribution in [0.15, 0.2) is 24.5 Å². The first-order chi connectivity index (χ1) is 7.34. The van der Waals surface area contributed by atoms with E-state index < -0.39 is 0 Å². The molecule has 1 heterocycles. The number of hydrogen-bond acceptors (Lipinski definition) is 2. The largest absolute Gasteiger partial charge is 0.314 e. The van der Waals surface area contributed by atoms with Gasteiger partial charge in [-0.3, -0.25) is 4.98 Å². The van der Waals surface area contributed by atoms with Crippen LogP contribution in [0.5, 0.6) is 0 Å². The average Bonchev–Trinajstić information content (AvgIpc) is 3.01. The smallest absolute Gasteiger partial charge is 0.0340 e. The highest BCUT2D eigenvalue weighted by Crippen LogP contribution is 2.18. The van der Waals surface area contributed by atoms with Gasteiger partial charge >= 0.3 is 0 Å². The van der Waals surface area contributed by atoms with Crippen molar-refractivity contribution in [3.8, 4) is 0 Å². The van der Waals surface area contributed by atoms with Gasteiger partial charge in [0.05, 0.1) is 0 Å². The van der Waals surface area contributed by atoms with Gasteiger partial charge in [-0.25, -0.2) is 0 Å². The maximum atomic E-state index is 4.15. The number of aromatic nitrogens is 1. The molecular formula is C13H18N2. The van der Waals surface area contributed by atoms with E-state index in [0.29, 0.717) is 0 Å². The van der Waals surface area contributed by atoms with E-state index in [9.17, 15) is 0 Å². The summed E-state index contributed by atoms with van der Waals surface area (Å²) in [6.07, 6.45) is 12.0. The van der Waals surface area contributed by atoms with Crippen LogP contribution in [0.25, 0.3) is 6.08 Å². The molecule has 15 heavy (non-hydrogen) atoms. The van der Waals surface area contributed by atoms with Crippen molar-refractivity contribution in [1.29, 1.82) is 0 Å². The van der Waals surface area contributed by atoms with Crippen LogP contribution >= 0.6 is 0 Å². The number of nitrogens with one attached hydrogen (secondary N) is 1. The lowest BCUT2D eigenvalue weighted by Gasteiger charge is -1.98. The van der Waals surface area contributed by atoms with Gasteiger partial charge in [0.15, 0.2) is 0 Å². The third-order valence-corrected chi connectivity index (χ3v) is 2.53. The number of rotatable bonds is 5. The zero-order chi connectivity index (χ0) is 10.5. The number of hydrogen-bond donors (Lipinski definition) is 1. The second kappa shape index (κ2) is 5.08. The van der Waals surface area contributed by atoms with Gasteiger partial charge in [0.1, 0.15) is 0 Å². The average molecular weight is 202 g/mol. The molecule has 1 aromatic rings. The van der Waals surface area contributed by atoms with Crippen molar-refractivity contribution in [2.45, 2.75) is 32.2 Å². The molecule has 2 rings (SSSR count). The monoisotopic (exact) mass is 202 g/mol. The van der Waals surface area contributed by atoms with Crippen LogP contribution in [0.3, 0.4) is 0 Å². The van der Waals surface area contributed by atoms with E-state index in [-0.39, 0.29) is 0 Å². The summed E-state index contributed by atoms with van der Waals surface area (Å²) in [7, 11) is 0. The maximum absolute atomic E-state index is 4.15. The molecule has 0 aliphatic heterocycles. The highest BCUT2D eigenvalue weighted by Gasteiger charge is 2.19. The first-order valence-electron chi connectivity index (χ1n) is 5.66. The molecule has 0 amide bonds. The standard InChI is InChI=1S/C13H18N2/c1-11-8-12(10-14-9-11)4-2-3-7-15-13-5-6-13/h2,4,8-10,13,15H,3,5-7H2,1H3/b4-2+. The minimum Gasteiger partial charge on any atom is -0.314 e. The van der Waals surface area contributed by atoms with E-state index in [4.69, 9.17) is 0 Å². The van der Waals surface area contributed by atoms with Crippen LogP contribution in [-0.2, 0) is 0 Å². The summed E-state index contributed by atoms with van der Waals surface area (Å²) in [6, 6.07) is 2.97. The molecule has 1 N–H and O–H groups in total. The molecule has 2 nitrogen and oxygen atoms in total. The van der Waals surface area contributed by atoms with Crippen molar-refractivity contribution < 1.29 is 0 Å². The first kappa shape index (κ1) is 10.4. The Kier molecular flexibility index (Phi) is 3.51. The van der Waals surface area contributed by atoms with Gasteiger partial charge in [-0.15, -0.1) is 0 Å². The summed E-state index contributed by atoms with van der Waals surface area (Å²) in [6.45, 7) is 3.17. The summed E-state index contributed by atoms with van der Waals surface area (Å²) in [5.74, 6) is 0. The summed E-state index contributed by atoms with van der Waals surface area (Å²) in [5, 5.41) is 3.49. The van der Waals surface area contributed by atoms with Crippen LogP contribution < -0.4 is 5.32 Å². The Balaban J connectivity index is 1.72. The first-order valence-corrected chi connectivity index (χ1v) is 5.66. The zero-order valence-electron chi connectivity index (χ0n) is 9.24. The van der Waals surface area contributed by atoms with Crippen molar-refractivity contribution in [2.24, 2.45) is 0 Å². The van der Waals surface area contributed by atoms with E-state index in [1.54, 1.807) is 0 Å². The molecule has 0 aromatic carbocycles. The molecule has 0 bridgehead atoms. The summed E-state index contributed by atoms with van der Waals surface area (Å²) in [4.78, 5) is 4.15. The minimum absolute atomic E-state index is 0.819. The topological polar surface area (TPSA) is 24.9 Å². The Morgan fingerprint density at radius 3 is 3.07 bits per heavy atom. The molecule has 0 atom stereocenters. The van der Waals surface area contributed by atoms with E-state index in [1.807, 2.05) is 12.4 Å². The van der Waals surface area contributed by atoms with Crippen LogP contribution in [0.2, 0.25) is 0 Å². The Morgan fingerprint density at radius 2 is 2.33 bits per heavy atom. The number of nitrogens with zero attached hydrogens (tertiary/aromatic N) is 1. The number of pyridine rings is 1. The van der Waals surface area contributed by atoms with Crippen LogP contribution in [0.4, 0.5) is 0 Å². The van der Waals surface area contributed by atoms with Crippen LogP contribution in [-0.4, -0.2) is 17.6 Å². The molecule has 1 saturated carbocycles. The SMILES string of the molecule is Cc1cncc(/C=C/CCNC2CC2)c1. The molecule has 0 radical (unpaired) electrons. The van der Waals surface area contributed by atoms with Crippen LogP contribution in [0, 0.1) is 6.92 Å². The van der Waals surface area contributed by atoms with Crippen molar-refractivity contribution >= 4 is 6.08 Å². The van der Waals surface area contributed by atoms with Crippen LogP contribution in [0.1, 0.15) is 30.4 Å². The van der Waals surface area contributed by atoms with E-state index >= 15 is 0 Å². The lowest BCUT2D eigenvalue weighted by Crippen LogP contribution is -2.16. The van der Waals surface area contributed by atoms with Crippen molar-refractivity contribution in [3.05, 3.63) is 35.7 Å². The minimum atomic E-state index is 0.819. The van der Waals surface area contributed by atoms with Gasteiger partial charge in [0.2, 0.25) is 0 Å². The third-order valence-electron chi connectivity index (χ3n) is 2.53. The van der Waals surface area contributed by atoms with E-state index in [1.165, 1.54) is 24.0 Å². The predicted octanol–water partition coefficient (Wildman–Crippen LogP) is 2.55. The lowest BCUT2D eigenvalue weighted by molar-refractivity contribution is 0.691. The van der Waals surface area contributed by atoms with Crippen molar-refractivity contribution in [3.63, 3.8) is 0 Å². The number of aryl methyl sites for hydroxylation is 1. The fourth-order valence-electron chi connectivity index (χ4n) is 1.55. The molecule has 2 heteroatoms. The van der Waals surface area contributed by atoms with Gasteiger partial charge < -0.3 is 5.32 Å². The molecule has 1 fully saturated rings. The quantitative estimate of drug-likeness (QED) is 0.742. The fraction of sp³-hybridized carbons (Fsp3) is 0.462. The summed E-state index contributed by atoms with van der Waals surface area (Å²) >= 11 is 0. The van der Waals surface area contributed by atoms with E-state index in [0.717, 1.165) is 19.0 Å². The lowest BCUT2D eigenvalue weighted by atomic mass is 10.2. The fourth-order valence-corrected chi connectivity index (χ4v) is 1.55. The summed E-state index contributed by atoms with van der Waals surface area (Å²) < 4.78 is 0. The van der Waals surface area contributed by atoms with Gasteiger partial charge in [-0.2, -0.15) is 0 Å². The second-order valence-electron chi connectivity index (χ2n) is 4.22. The Bertz CT molecular complexity index is 340. The highest BCUT2D eigenvalue weighted by molar-refractivity contribution is 5.48. The van der Waals surface area contributed by atoms with Gasteiger partial charge in [0, 0.05) is 18.4 Å². The molecule has 1 aliphatic carbocycles. The molecule has 0 spiro atoms. The predicted molar refractivity (Wildman–Crippen MR) is 63.6 cm³/mol. The van der Waals surface area contributed by atoms with Gasteiger partial charge in [-0.1, -0.05) is 12.2 Å². The molecule has 80 valence electrons. The Hall–Kier alpha value is -1.15. The Labute approximate surface area is 91.4 Å². The van der Waals surface area contributed by atoms with Gasteiger partial charge in [0.25, 0.3) is 0 Å². The molecule has 0 saturated heterocycles. The summed E-state index contributed by atoms with van der Waals surface area (Å²) in [5.41, 5.74) is 2.41. The van der Waals surface area contributed by atoms with Crippen molar-refractivity contribution in [2.75, 3.05) is 6.54 Å². The Morgan fingerprint density at radius 1 is 1.47 bits per heavy atom. The molecular weight excluding hydrogens is 184 g/mol. The third kappa shape index (κ3) is 3.84. The highest BCUT2D eigenvalue weighted by atomic mass is 14.9.